The molecule has 6 heteroatoms. The molecule has 0 aliphatic carbocycles. The Kier molecular flexibility index (Phi) is 4.51. The number of hydrogen-bond donors (Lipinski definition) is 1. The van der Waals surface area contributed by atoms with Crippen LogP contribution in [0, 0.1) is 0 Å². The fourth-order valence-electron chi connectivity index (χ4n) is 2.24. The molecule has 1 heterocycles. The molecule has 0 unspecified atom stereocenters. The maximum atomic E-state index is 12.3. The zero-order chi connectivity index (χ0) is 17.3. The monoisotopic (exact) mass is 362 g/mol. The quantitative estimate of drug-likeness (QED) is 0.501. The minimum absolute atomic E-state index is 0.139. The number of aromatic hydroxyl groups is 1. The van der Waals surface area contributed by atoms with E-state index in [9.17, 15) is 9.90 Å². The maximum Gasteiger partial charge on any atom is 0.221 e. The topological polar surface area (TPSA) is 59.7 Å². The second-order valence-electron chi connectivity index (χ2n) is 5.04. The normalized spacial score (nSPS) is 11.3. The summed E-state index contributed by atoms with van der Waals surface area (Å²) in [5.74, 6) is -0.00405. The van der Waals surface area contributed by atoms with Gasteiger partial charge in [-0.25, -0.2) is 0 Å². The van der Waals surface area contributed by atoms with Crippen molar-refractivity contribution < 1.29 is 19.1 Å². The highest BCUT2D eigenvalue weighted by Gasteiger charge is 2.11. The lowest BCUT2D eigenvalue weighted by Gasteiger charge is -2.06. The van der Waals surface area contributed by atoms with Gasteiger partial charge in [-0.1, -0.05) is 29.3 Å². The summed E-state index contributed by atoms with van der Waals surface area (Å²) in [6.45, 7) is 0. The first-order valence-corrected chi connectivity index (χ1v) is 7.71. The molecule has 3 rings (SSSR count). The fourth-order valence-corrected chi connectivity index (χ4v) is 2.63. The summed E-state index contributed by atoms with van der Waals surface area (Å²) < 4.78 is 10.5. The van der Waals surface area contributed by atoms with E-state index in [4.69, 9.17) is 32.4 Å². The van der Waals surface area contributed by atoms with E-state index >= 15 is 0 Å². The molecule has 0 saturated heterocycles. The van der Waals surface area contributed by atoms with Gasteiger partial charge in [-0.3, -0.25) is 4.79 Å². The minimum atomic E-state index is -0.300. The third-order valence-corrected chi connectivity index (χ3v) is 3.94. The molecule has 0 amide bonds. The van der Waals surface area contributed by atoms with Crippen LogP contribution in [-0.2, 0) is 0 Å². The predicted octanol–water partition coefficient (Wildman–Crippen LogP) is 5.35. The van der Waals surface area contributed by atoms with E-state index in [-0.39, 0.29) is 28.1 Å². The molecule has 24 heavy (non-hydrogen) atoms. The molecule has 0 fully saturated rings. The Morgan fingerprint density at radius 3 is 2.75 bits per heavy atom. The van der Waals surface area contributed by atoms with Crippen molar-refractivity contribution in [2.24, 2.45) is 0 Å². The highest BCUT2D eigenvalue weighted by molar-refractivity contribution is 6.32. The van der Waals surface area contributed by atoms with E-state index in [2.05, 4.69) is 0 Å². The number of carbonyl (C=O) groups excluding carboxylic acids is 1. The summed E-state index contributed by atoms with van der Waals surface area (Å²) in [5.41, 5.74) is 1.20. The van der Waals surface area contributed by atoms with Crippen LogP contribution in [0.15, 0.2) is 46.9 Å². The van der Waals surface area contributed by atoms with Gasteiger partial charge >= 0.3 is 0 Å². The standard InChI is InChI=1S/C18H12Cl2O4/c1-23-17-7-10(6-13(20)18(17)22)2-4-14(21)16-9-11-8-12(19)3-5-15(11)24-16/h2-9,22H,1H3/b4-2+. The van der Waals surface area contributed by atoms with Crippen LogP contribution in [0.3, 0.4) is 0 Å². The van der Waals surface area contributed by atoms with Crippen molar-refractivity contribution in [2.45, 2.75) is 0 Å². The number of ketones is 1. The van der Waals surface area contributed by atoms with E-state index < -0.39 is 0 Å². The number of ether oxygens (including phenoxy) is 1. The molecular formula is C18H12Cl2O4. The van der Waals surface area contributed by atoms with Gasteiger partial charge in [0, 0.05) is 10.4 Å². The number of furan rings is 1. The Balaban J connectivity index is 1.88. The Labute approximate surface area is 147 Å². The van der Waals surface area contributed by atoms with Crippen molar-refractivity contribution in [3.63, 3.8) is 0 Å². The van der Waals surface area contributed by atoms with Crippen LogP contribution in [0.5, 0.6) is 11.5 Å². The first-order valence-electron chi connectivity index (χ1n) is 6.96. The van der Waals surface area contributed by atoms with Gasteiger partial charge in [0.15, 0.2) is 17.3 Å². The number of methoxy groups -OCH3 is 1. The molecule has 0 radical (unpaired) electrons. The zero-order valence-electron chi connectivity index (χ0n) is 12.5. The number of hydrogen-bond acceptors (Lipinski definition) is 4. The fraction of sp³-hybridized carbons (Fsp3) is 0.0556. The van der Waals surface area contributed by atoms with Crippen LogP contribution < -0.4 is 4.74 Å². The van der Waals surface area contributed by atoms with Gasteiger partial charge in [0.25, 0.3) is 0 Å². The Bertz CT molecular complexity index is 957. The van der Waals surface area contributed by atoms with Crippen LogP contribution in [0.4, 0.5) is 0 Å². The lowest BCUT2D eigenvalue weighted by atomic mass is 10.1. The maximum absolute atomic E-state index is 12.3. The molecule has 3 aromatic rings. The van der Waals surface area contributed by atoms with Crippen molar-refractivity contribution in [1.29, 1.82) is 0 Å². The Morgan fingerprint density at radius 2 is 2.00 bits per heavy atom. The van der Waals surface area contributed by atoms with Gasteiger partial charge in [-0.05, 0) is 48.0 Å². The third-order valence-electron chi connectivity index (χ3n) is 3.42. The second kappa shape index (κ2) is 6.59. The van der Waals surface area contributed by atoms with Crippen molar-refractivity contribution in [3.8, 4) is 11.5 Å². The molecule has 0 bridgehead atoms. The van der Waals surface area contributed by atoms with Crippen LogP contribution in [0.1, 0.15) is 16.1 Å². The van der Waals surface area contributed by atoms with E-state index in [0.29, 0.717) is 16.2 Å². The average Bonchev–Trinajstić information content (AvgIpc) is 2.98. The number of allylic oxidation sites excluding steroid dienone is 1. The molecule has 0 aliphatic rings. The number of carbonyl (C=O) groups is 1. The van der Waals surface area contributed by atoms with Crippen molar-refractivity contribution in [3.05, 3.63) is 63.8 Å². The molecule has 0 aliphatic heterocycles. The highest BCUT2D eigenvalue weighted by atomic mass is 35.5. The van der Waals surface area contributed by atoms with E-state index in [1.165, 1.54) is 19.3 Å². The average molecular weight is 363 g/mol. The molecule has 0 saturated carbocycles. The van der Waals surface area contributed by atoms with E-state index in [0.717, 1.165) is 5.39 Å². The second-order valence-corrected chi connectivity index (χ2v) is 5.89. The Hall–Kier alpha value is -2.43. The van der Waals surface area contributed by atoms with E-state index in [1.54, 1.807) is 36.4 Å². The SMILES string of the molecule is COc1cc(/C=C/C(=O)c2cc3cc(Cl)ccc3o2)cc(Cl)c1O. The van der Waals surface area contributed by atoms with Gasteiger partial charge in [-0.2, -0.15) is 0 Å². The number of benzene rings is 2. The van der Waals surface area contributed by atoms with Crippen LogP contribution >= 0.6 is 23.2 Å². The third kappa shape index (κ3) is 3.25. The summed E-state index contributed by atoms with van der Waals surface area (Å²) in [5, 5.41) is 11.2. The number of fused-ring (bicyclic) bond motifs is 1. The summed E-state index contributed by atoms with van der Waals surface area (Å²) in [6.07, 6.45) is 2.93. The van der Waals surface area contributed by atoms with Gasteiger partial charge in [0.1, 0.15) is 5.58 Å². The molecule has 0 spiro atoms. The number of phenols is 1. The zero-order valence-corrected chi connectivity index (χ0v) is 14.1. The van der Waals surface area contributed by atoms with Crippen molar-refractivity contribution in [1.82, 2.24) is 0 Å². The minimum Gasteiger partial charge on any atom is -0.503 e. The van der Waals surface area contributed by atoms with Gasteiger partial charge in [0.05, 0.1) is 12.1 Å². The van der Waals surface area contributed by atoms with Crippen molar-refractivity contribution in [2.75, 3.05) is 7.11 Å². The first-order chi connectivity index (χ1) is 11.5. The molecule has 2 aromatic carbocycles. The molecule has 1 N–H and O–H groups in total. The molecular weight excluding hydrogens is 351 g/mol. The largest absolute Gasteiger partial charge is 0.503 e. The summed E-state index contributed by atoms with van der Waals surface area (Å²) in [4.78, 5) is 12.3. The molecule has 1 aromatic heterocycles. The smallest absolute Gasteiger partial charge is 0.221 e. The van der Waals surface area contributed by atoms with Crippen molar-refractivity contribution >= 4 is 46.0 Å². The van der Waals surface area contributed by atoms with Crippen LogP contribution in [0.2, 0.25) is 10.0 Å². The summed E-state index contributed by atoms with van der Waals surface area (Å²) >= 11 is 11.8. The molecule has 0 atom stereocenters. The summed E-state index contributed by atoms with van der Waals surface area (Å²) in [6, 6.07) is 9.87. The van der Waals surface area contributed by atoms with Gasteiger partial charge in [-0.15, -0.1) is 0 Å². The van der Waals surface area contributed by atoms with Crippen LogP contribution in [0.25, 0.3) is 17.0 Å². The predicted molar refractivity (Wildman–Crippen MR) is 94.3 cm³/mol. The number of rotatable bonds is 4. The number of halogens is 2. The lowest BCUT2D eigenvalue weighted by molar-refractivity contribution is 0.102. The molecule has 4 nitrogen and oxygen atoms in total. The Morgan fingerprint density at radius 1 is 1.21 bits per heavy atom. The lowest BCUT2D eigenvalue weighted by Crippen LogP contribution is -1.91. The summed E-state index contributed by atoms with van der Waals surface area (Å²) in [7, 11) is 1.42. The number of phenolic OH excluding ortho intramolecular Hbond substituents is 1. The van der Waals surface area contributed by atoms with Crippen LogP contribution in [-0.4, -0.2) is 18.0 Å². The van der Waals surface area contributed by atoms with E-state index in [1.807, 2.05) is 0 Å². The molecule has 122 valence electrons. The van der Waals surface area contributed by atoms with Gasteiger partial charge < -0.3 is 14.3 Å². The first kappa shape index (κ1) is 16.4. The van der Waals surface area contributed by atoms with Gasteiger partial charge in [0.2, 0.25) is 5.78 Å². The highest BCUT2D eigenvalue weighted by Crippen LogP contribution is 2.35.